The molecule has 5 nitrogen and oxygen atoms in total. The van der Waals surface area contributed by atoms with Gasteiger partial charge in [0.1, 0.15) is 0 Å². The van der Waals surface area contributed by atoms with Gasteiger partial charge in [-0.25, -0.2) is 0 Å². The van der Waals surface area contributed by atoms with Gasteiger partial charge in [-0.05, 0) is 6.92 Å². The van der Waals surface area contributed by atoms with Crippen molar-refractivity contribution in [1.82, 2.24) is 10.6 Å². The maximum Gasteiger partial charge on any atom is 0.234 e. The Kier molecular flexibility index (Phi) is 7.80. The Balaban J connectivity index is 3.33. The predicted octanol–water partition coefficient (Wildman–Crippen LogP) is -0.502. The summed E-state index contributed by atoms with van der Waals surface area (Å²) in [7, 11) is 1.61. The molecule has 0 saturated heterocycles. The zero-order valence-corrected chi connectivity index (χ0v) is 8.67. The van der Waals surface area contributed by atoms with Crippen LogP contribution in [-0.2, 0) is 9.53 Å². The lowest BCUT2D eigenvalue weighted by molar-refractivity contribution is -0.120. The number of carbonyl (C=O) groups is 1. The quantitative estimate of drug-likeness (QED) is 0.542. The van der Waals surface area contributed by atoms with Crippen molar-refractivity contribution < 1.29 is 9.53 Å². The summed E-state index contributed by atoms with van der Waals surface area (Å²) in [6.07, 6.45) is 0. The van der Waals surface area contributed by atoms with E-state index in [0.717, 1.165) is 0 Å². The number of carbonyl (C=O) groups excluding carboxylic acids is 1. The number of nitrogens with one attached hydrogen (secondary N) is 2. The molecule has 0 rings (SSSR count). The molecule has 1 unspecified atom stereocenters. The van der Waals surface area contributed by atoms with Gasteiger partial charge < -0.3 is 15.4 Å². The van der Waals surface area contributed by atoms with Crippen LogP contribution in [0.3, 0.4) is 0 Å². The summed E-state index contributed by atoms with van der Waals surface area (Å²) < 4.78 is 4.80. The van der Waals surface area contributed by atoms with Gasteiger partial charge in [-0.15, -0.1) is 0 Å². The van der Waals surface area contributed by atoms with Crippen molar-refractivity contribution in [1.29, 1.82) is 5.26 Å². The molecule has 14 heavy (non-hydrogen) atoms. The number of ether oxygens (including phenoxy) is 1. The molecule has 0 aromatic rings. The van der Waals surface area contributed by atoms with Gasteiger partial charge in [0.2, 0.25) is 5.91 Å². The van der Waals surface area contributed by atoms with Gasteiger partial charge >= 0.3 is 0 Å². The molecule has 5 heteroatoms. The lowest BCUT2D eigenvalue weighted by atomic mass is 10.2. The predicted molar refractivity (Wildman–Crippen MR) is 52.5 cm³/mol. The van der Waals surface area contributed by atoms with E-state index in [-0.39, 0.29) is 18.4 Å². The molecule has 2 N–H and O–H groups in total. The zero-order valence-electron chi connectivity index (χ0n) is 8.67. The monoisotopic (exact) mass is 199 g/mol. The normalized spacial score (nSPS) is 11.8. The lowest BCUT2D eigenvalue weighted by Crippen LogP contribution is -2.37. The van der Waals surface area contributed by atoms with Gasteiger partial charge in [0.15, 0.2) is 0 Å². The van der Waals surface area contributed by atoms with Gasteiger partial charge in [0, 0.05) is 20.2 Å². The van der Waals surface area contributed by atoms with Crippen molar-refractivity contribution in [3.05, 3.63) is 0 Å². The molecule has 1 amide bonds. The molecule has 0 heterocycles. The minimum Gasteiger partial charge on any atom is -0.383 e. The number of hydrogen-bond donors (Lipinski definition) is 2. The van der Waals surface area contributed by atoms with E-state index in [2.05, 4.69) is 10.6 Å². The average Bonchev–Trinajstić information content (AvgIpc) is 2.21. The molecule has 0 aliphatic carbocycles. The Hall–Kier alpha value is -1.12. The minimum absolute atomic E-state index is 0.0943. The highest BCUT2D eigenvalue weighted by atomic mass is 16.5. The van der Waals surface area contributed by atoms with Crippen LogP contribution in [-0.4, -0.2) is 39.3 Å². The van der Waals surface area contributed by atoms with Crippen LogP contribution in [0.5, 0.6) is 0 Å². The molecular weight excluding hydrogens is 182 g/mol. The summed E-state index contributed by atoms with van der Waals surface area (Å²) in [4.78, 5) is 11.1. The summed E-state index contributed by atoms with van der Waals surface area (Å²) in [5, 5.41) is 14.0. The van der Waals surface area contributed by atoms with Gasteiger partial charge in [-0.2, -0.15) is 5.26 Å². The summed E-state index contributed by atoms with van der Waals surface area (Å²) in [5.41, 5.74) is 0. The number of hydrogen-bond acceptors (Lipinski definition) is 4. The number of amides is 1. The van der Waals surface area contributed by atoms with Gasteiger partial charge in [-0.1, -0.05) is 0 Å². The summed E-state index contributed by atoms with van der Waals surface area (Å²) in [5.74, 6) is -0.235. The van der Waals surface area contributed by atoms with Crippen LogP contribution in [0, 0.1) is 17.2 Å². The number of nitriles is 1. The topological polar surface area (TPSA) is 74.2 Å². The maximum absolute atomic E-state index is 11.1. The van der Waals surface area contributed by atoms with E-state index in [4.69, 9.17) is 10.00 Å². The third-order valence-corrected chi connectivity index (χ3v) is 1.59. The van der Waals surface area contributed by atoms with E-state index >= 15 is 0 Å². The standard InChI is InChI=1S/C9H17N3O2/c1-8(5-10)6-12-9(13)7-11-3-4-14-2/h8,11H,3-4,6-7H2,1-2H3,(H,12,13). The van der Waals surface area contributed by atoms with Gasteiger partial charge in [-0.3, -0.25) is 4.79 Å². The fourth-order valence-electron chi connectivity index (χ4n) is 0.751. The van der Waals surface area contributed by atoms with E-state index in [1.165, 1.54) is 0 Å². The van der Waals surface area contributed by atoms with Crippen LogP contribution < -0.4 is 10.6 Å². The Bertz CT molecular complexity index is 201. The van der Waals surface area contributed by atoms with Crippen molar-refractivity contribution in [2.45, 2.75) is 6.92 Å². The first-order valence-electron chi connectivity index (χ1n) is 4.56. The van der Waals surface area contributed by atoms with Crippen molar-refractivity contribution in [2.24, 2.45) is 5.92 Å². The zero-order chi connectivity index (χ0) is 10.8. The second kappa shape index (κ2) is 8.48. The first-order valence-corrected chi connectivity index (χ1v) is 4.56. The SMILES string of the molecule is COCCNCC(=O)NCC(C)C#N. The molecule has 0 aromatic carbocycles. The molecule has 0 bridgehead atoms. The molecule has 0 fully saturated rings. The van der Waals surface area contributed by atoms with Crippen LogP contribution in [0.25, 0.3) is 0 Å². The van der Waals surface area contributed by atoms with Crippen molar-refractivity contribution in [2.75, 3.05) is 33.4 Å². The Morgan fingerprint density at radius 1 is 1.64 bits per heavy atom. The third-order valence-electron chi connectivity index (χ3n) is 1.59. The highest BCUT2D eigenvalue weighted by Gasteiger charge is 2.03. The lowest BCUT2D eigenvalue weighted by Gasteiger charge is -2.06. The smallest absolute Gasteiger partial charge is 0.234 e. The van der Waals surface area contributed by atoms with E-state index in [0.29, 0.717) is 19.7 Å². The van der Waals surface area contributed by atoms with Gasteiger partial charge in [0.05, 0.1) is 25.1 Å². The Morgan fingerprint density at radius 2 is 2.36 bits per heavy atom. The first-order chi connectivity index (χ1) is 6.70. The highest BCUT2D eigenvalue weighted by Crippen LogP contribution is 1.86. The second-order valence-corrected chi connectivity index (χ2v) is 3.00. The highest BCUT2D eigenvalue weighted by molar-refractivity contribution is 5.77. The maximum atomic E-state index is 11.1. The van der Waals surface area contributed by atoms with Crippen molar-refractivity contribution >= 4 is 5.91 Å². The van der Waals surface area contributed by atoms with Crippen LogP contribution in [0.2, 0.25) is 0 Å². The number of methoxy groups -OCH3 is 1. The first kappa shape index (κ1) is 12.9. The number of nitrogens with zero attached hydrogens (tertiary/aromatic N) is 1. The molecule has 0 saturated carbocycles. The molecule has 0 aliphatic heterocycles. The summed E-state index contributed by atoms with van der Waals surface area (Å²) in [6, 6.07) is 2.04. The Labute approximate surface area is 84.4 Å². The van der Waals surface area contributed by atoms with Gasteiger partial charge in [0.25, 0.3) is 0 Å². The van der Waals surface area contributed by atoms with E-state index < -0.39 is 0 Å². The molecule has 0 aromatic heterocycles. The van der Waals surface area contributed by atoms with E-state index in [9.17, 15) is 4.79 Å². The van der Waals surface area contributed by atoms with Crippen LogP contribution in [0.1, 0.15) is 6.92 Å². The molecule has 1 atom stereocenters. The second-order valence-electron chi connectivity index (χ2n) is 3.00. The molecular formula is C9H17N3O2. The summed E-state index contributed by atoms with van der Waals surface area (Å²) in [6.45, 7) is 3.67. The molecule has 80 valence electrons. The Morgan fingerprint density at radius 3 is 2.93 bits per heavy atom. The van der Waals surface area contributed by atoms with E-state index in [1.807, 2.05) is 6.07 Å². The average molecular weight is 199 g/mol. The van der Waals surface area contributed by atoms with Crippen LogP contribution in [0.4, 0.5) is 0 Å². The third kappa shape index (κ3) is 7.53. The van der Waals surface area contributed by atoms with Crippen LogP contribution >= 0.6 is 0 Å². The van der Waals surface area contributed by atoms with Crippen LogP contribution in [0.15, 0.2) is 0 Å². The molecule has 0 spiro atoms. The largest absolute Gasteiger partial charge is 0.383 e. The minimum atomic E-state index is -0.141. The summed E-state index contributed by atoms with van der Waals surface area (Å²) >= 11 is 0. The fraction of sp³-hybridized carbons (Fsp3) is 0.778. The number of rotatable bonds is 7. The van der Waals surface area contributed by atoms with Crippen molar-refractivity contribution in [3.63, 3.8) is 0 Å². The van der Waals surface area contributed by atoms with E-state index in [1.54, 1.807) is 14.0 Å². The molecule has 0 aliphatic rings. The van der Waals surface area contributed by atoms with Crippen molar-refractivity contribution in [3.8, 4) is 6.07 Å². The fourth-order valence-corrected chi connectivity index (χ4v) is 0.751. The molecule has 0 radical (unpaired) electrons.